The van der Waals surface area contributed by atoms with Gasteiger partial charge in [-0.25, -0.2) is 0 Å². The molecule has 0 radical (unpaired) electrons. The lowest BCUT2D eigenvalue weighted by molar-refractivity contribution is -0.173. The van der Waals surface area contributed by atoms with E-state index in [4.69, 9.17) is 14.5 Å². The number of likely N-dealkylation sites (tertiary alicyclic amines) is 1. The Morgan fingerprint density at radius 1 is 0.950 bits per heavy atom. The maximum absolute atomic E-state index is 12.5. The van der Waals surface area contributed by atoms with Crippen LogP contribution in [0.3, 0.4) is 0 Å². The van der Waals surface area contributed by atoms with Crippen LogP contribution >= 0.6 is 0 Å². The van der Waals surface area contributed by atoms with E-state index in [1.165, 1.54) is 0 Å². The monoisotopic (exact) mass is 553 g/mol. The number of nitrogens with zero attached hydrogens (tertiary/aromatic N) is 1. The fourth-order valence-corrected chi connectivity index (χ4v) is 6.52. The summed E-state index contributed by atoms with van der Waals surface area (Å²) < 4.78 is 5.61. The van der Waals surface area contributed by atoms with Gasteiger partial charge in [0.15, 0.2) is 5.75 Å². The van der Waals surface area contributed by atoms with E-state index in [2.05, 4.69) is 39.2 Å². The van der Waals surface area contributed by atoms with Crippen molar-refractivity contribution in [1.29, 1.82) is 0 Å². The predicted octanol–water partition coefficient (Wildman–Crippen LogP) is 6.99. The van der Waals surface area contributed by atoms with Crippen molar-refractivity contribution in [3.63, 3.8) is 0 Å². The molecular weight excluding hydrogens is 506 g/mol. The van der Waals surface area contributed by atoms with Crippen LogP contribution in [0.15, 0.2) is 36.6 Å². The van der Waals surface area contributed by atoms with E-state index in [9.17, 15) is 15.0 Å². The molecule has 1 aliphatic heterocycles. The van der Waals surface area contributed by atoms with Gasteiger partial charge in [-0.05, 0) is 109 Å². The summed E-state index contributed by atoms with van der Waals surface area (Å²) in [5.74, 6) is 1.21. The molecule has 7 nitrogen and oxygen atoms in total. The smallest absolute Gasteiger partial charge is 0.306 e. The Hall–Kier alpha value is -3.19. The number of hydrogen-bond acceptors (Lipinski definition) is 7. The van der Waals surface area contributed by atoms with Crippen LogP contribution in [0.4, 0.5) is 0 Å². The first-order valence-electron chi connectivity index (χ1n) is 14.1. The lowest BCUT2D eigenvalue weighted by Crippen LogP contribution is -2.61. The van der Waals surface area contributed by atoms with Crippen LogP contribution in [0.25, 0.3) is 0 Å². The molecule has 2 N–H and O–H groups in total. The molecule has 0 aliphatic carbocycles. The number of phenols is 2. The minimum absolute atomic E-state index is 0.0677. The topological polar surface area (TPSA) is 88.5 Å². The summed E-state index contributed by atoms with van der Waals surface area (Å²) in [6.07, 6.45) is 3.18. The molecular formula is C33H47NO6. The Labute approximate surface area is 239 Å². The van der Waals surface area contributed by atoms with E-state index in [0.29, 0.717) is 37.7 Å². The van der Waals surface area contributed by atoms with Gasteiger partial charge in [0.2, 0.25) is 5.75 Å². The highest BCUT2D eigenvalue weighted by molar-refractivity contribution is 5.70. The van der Waals surface area contributed by atoms with Crippen molar-refractivity contribution >= 4 is 5.97 Å². The summed E-state index contributed by atoms with van der Waals surface area (Å²) in [4.78, 5) is 25.9. The maximum Gasteiger partial charge on any atom is 0.306 e. The molecule has 0 unspecified atom stereocenters. The summed E-state index contributed by atoms with van der Waals surface area (Å²) in [5, 5.41) is 20.6. The van der Waals surface area contributed by atoms with E-state index >= 15 is 0 Å². The van der Waals surface area contributed by atoms with Gasteiger partial charge in [-0.3, -0.25) is 19.5 Å². The van der Waals surface area contributed by atoms with E-state index < -0.39 is 0 Å². The number of ether oxygens (including phenoxy) is 1. The van der Waals surface area contributed by atoms with Gasteiger partial charge < -0.3 is 14.9 Å². The molecule has 1 aliphatic rings. The minimum Gasteiger partial charge on any atom is -0.507 e. The Balaban J connectivity index is 1.49. The van der Waals surface area contributed by atoms with Gasteiger partial charge in [-0.15, -0.1) is 0 Å². The largest absolute Gasteiger partial charge is 0.507 e. The molecule has 1 saturated heterocycles. The summed E-state index contributed by atoms with van der Waals surface area (Å²) in [6.45, 7) is 21.5. The number of aryl methyl sites for hydroxylation is 5. The molecule has 40 heavy (non-hydrogen) atoms. The van der Waals surface area contributed by atoms with Gasteiger partial charge in [0.25, 0.3) is 0 Å². The fraction of sp³-hybridized carbons (Fsp3) is 0.545. The van der Waals surface area contributed by atoms with E-state index in [1.54, 1.807) is 6.07 Å². The van der Waals surface area contributed by atoms with Crippen molar-refractivity contribution in [2.75, 3.05) is 13.2 Å². The molecule has 7 heteroatoms. The maximum atomic E-state index is 12.5. The van der Waals surface area contributed by atoms with Gasteiger partial charge >= 0.3 is 5.97 Å². The first-order chi connectivity index (χ1) is 18.6. The number of hydrogen-bond donors (Lipinski definition) is 2. The van der Waals surface area contributed by atoms with E-state index in [1.807, 2.05) is 45.9 Å². The lowest BCUT2D eigenvalue weighted by Gasteiger charge is -2.55. The number of rotatable bonds is 11. The Bertz CT molecular complexity index is 1210. The summed E-state index contributed by atoms with van der Waals surface area (Å²) in [7, 11) is 0. The van der Waals surface area contributed by atoms with Crippen LogP contribution < -0.4 is 4.89 Å². The number of aromatic hydroxyl groups is 2. The Morgan fingerprint density at radius 3 is 2.15 bits per heavy atom. The molecule has 3 rings (SSSR count). The van der Waals surface area contributed by atoms with E-state index in [-0.39, 0.29) is 40.7 Å². The zero-order valence-corrected chi connectivity index (χ0v) is 25.5. The lowest BCUT2D eigenvalue weighted by atomic mass is 9.72. The third-order valence-electron chi connectivity index (χ3n) is 7.91. The van der Waals surface area contributed by atoms with Crippen LogP contribution in [0.2, 0.25) is 0 Å². The van der Waals surface area contributed by atoms with Gasteiger partial charge in [-0.2, -0.15) is 0 Å². The highest BCUT2D eigenvalue weighted by atomic mass is 17.2. The molecule has 1 fully saturated rings. The zero-order chi connectivity index (χ0) is 29.8. The number of phenolic OH excluding ortho intramolecular Hbond substituents is 2. The van der Waals surface area contributed by atoms with E-state index in [0.717, 1.165) is 40.7 Å². The molecule has 0 atom stereocenters. The summed E-state index contributed by atoms with van der Waals surface area (Å²) in [5.41, 5.74) is 4.11. The average Bonchev–Trinajstić information content (AvgIpc) is 2.82. The second kappa shape index (κ2) is 12.5. The van der Waals surface area contributed by atoms with Gasteiger partial charge in [0.1, 0.15) is 18.1 Å². The molecule has 0 amide bonds. The number of benzene rings is 2. The second-order valence-corrected chi connectivity index (χ2v) is 12.7. The van der Waals surface area contributed by atoms with Crippen molar-refractivity contribution in [3.05, 3.63) is 64.4 Å². The summed E-state index contributed by atoms with van der Waals surface area (Å²) in [6, 6.07) is 7.47. The Kier molecular flexibility index (Phi) is 9.83. The molecule has 2 aromatic carbocycles. The third-order valence-corrected chi connectivity index (χ3v) is 7.91. The van der Waals surface area contributed by atoms with Crippen molar-refractivity contribution in [2.45, 2.75) is 98.6 Å². The van der Waals surface area contributed by atoms with Crippen molar-refractivity contribution in [3.8, 4) is 17.2 Å². The van der Waals surface area contributed by atoms with Crippen LogP contribution in [-0.2, 0) is 20.8 Å². The Morgan fingerprint density at radius 2 is 1.52 bits per heavy atom. The molecule has 0 saturated carbocycles. The second-order valence-electron chi connectivity index (χ2n) is 12.7. The van der Waals surface area contributed by atoms with Crippen molar-refractivity contribution < 1.29 is 29.5 Å². The minimum atomic E-state index is -0.257. The number of piperidine rings is 1. The SMILES string of the molecule is C=C(CC1CC(C)(C)N(CCOC(=O)CCc2cc(C)cc(C)c2O)C(C)(C)C1)OOc1cc(C)cc(C)c1O. The van der Waals surface area contributed by atoms with Gasteiger partial charge in [0, 0.05) is 30.5 Å². The van der Waals surface area contributed by atoms with Crippen LogP contribution in [0.1, 0.15) is 81.2 Å². The highest BCUT2D eigenvalue weighted by Crippen LogP contribution is 2.43. The molecule has 0 bridgehead atoms. The predicted molar refractivity (Wildman–Crippen MR) is 157 cm³/mol. The van der Waals surface area contributed by atoms with Crippen molar-refractivity contribution in [1.82, 2.24) is 4.90 Å². The van der Waals surface area contributed by atoms with Crippen LogP contribution in [0, 0.1) is 33.6 Å². The standard InChI is InChI=1S/C33H47NO6/c1-21-14-23(3)30(36)27(16-21)10-11-29(35)38-13-12-34-32(6,7)19-26(20-33(34,8)9)18-25(5)39-40-28-17-22(2)15-24(4)31(28)37/h14-17,26,36-37H,5,10-13,18-20H2,1-4,6-9H3. The average molecular weight is 554 g/mol. The quantitative estimate of drug-likeness (QED) is 0.134. The number of carbonyl (C=O) groups excluding carboxylic acids is 1. The highest BCUT2D eigenvalue weighted by Gasteiger charge is 2.45. The third kappa shape index (κ3) is 7.94. The molecule has 0 spiro atoms. The number of allylic oxidation sites excluding steroid dienone is 1. The van der Waals surface area contributed by atoms with Crippen LogP contribution in [-0.4, -0.2) is 45.3 Å². The number of carbonyl (C=O) groups is 1. The van der Waals surface area contributed by atoms with Crippen molar-refractivity contribution in [2.24, 2.45) is 5.92 Å². The number of esters is 1. The van der Waals surface area contributed by atoms with Gasteiger partial charge in [0.05, 0.1) is 0 Å². The molecule has 220 valence electrons. The van der Waals surface area contributed by atoms with Gasteiger partial charge in [-0.1, -0.05) is 30.3 Å². The first kappa shape index (κ1) is 31.3. The normalized spacial score (nSPS) is 16.9. The fourth-order valence-electron chi connectivity index (χ4n) is 6.52. The molecule has 1 heterocycles. The first-order valence-corrected chi connectivity index (χ1v) is 14.1. The summed E-state index contributed by atoms with van der Waals surface area (Å²) >= 11 is 0. The molecule has 0 aromatic heterocycles. The van der Waals surface area contributed by atoms with Crippen LogP contribution in [0.5, 0.6) is 17.2 Å². The molecule has 2 aromatic rings. The zero-order valence-electron chi connectivity index (χ0n) is 25.5.